The van der Waals surface area contributed by atoms with Crippen molar-refractivity contribution in [3.05, 3.63) is 29.8 Å². The number of benzene rings is 1. The molecule has 0 bridgehead atoms. The van der Waals surface area contributed by atoms with E-state index in [4.69, 9.17) is 0 Å². The fourth-order valence-electron chi connectivity index (χ4n) is 1.28. The molecule has 0 aromatic heterocycles. The van der Waals surface area contributed by atoms with E-state index in [9.17, 15) is 22.8 Å². The van der Waals surface area contributed by atoms with Gasteiger partial charge in [0.25, 0.3) is 0 Å². The first kappa shape index (κ1) is 14.8. The largest absolute Gasteiger partial charge is 0.446 e. The molecule has 0 fully saturated rings. The Hall–Kier alpha value is -1.30. The van der Waals surface area contributed by atoms with Gasteiger partial charge in [0, 0.05) is 23.3 Å². The van der Waals surface area contributed by atoms with Gasteiger partial charge in [-0.15, -0.1) is 0 Å². The minimum atomic E-state index is -4.33. The molecule has 0 saturated carbocycles. The van der Waals surface area contributed by atoms with Crippen LogP contribution in [-0.4, -0.2) is 17.1 Å². The van der Waals surface area contributed by atoms with Crippen molar-refractivity contribution in [2.24, 2.45) is 0 Å². The van der Waals surface area contributed by atoms with Crippen molar-refractivity contribution in [3.8, 4) is 0 Å². The van der Waals surface area contributed by atoms with Crippen LogP contribution in [-0.2, 0) is 4.79 Å². The number of rotatable bonds is 5. The van der Waals surface area contributed by atoms with Crippen LogP contribution < -0.4 is 0 Å². The van der Waals surface area contributed by atoms with Crippen molar-refractivity contribution in [1.29, 1.82) is 0 Å². The van der Waals surface area contributed by atoms with Crippen LogP contribution in [0.3, 0.4) is 0 Å². The second-order valence-electron chi connectivity index (χ2n) is 3.70. The van der Waals surface area contributed by atoms with Crippen LogP contribution in [0.2, 0.25) is 0 Å². The summed E-state index contributed by atoms with van der Waals surface area (Å²) in [6.45, 7) is 1.39. The first-order valence-electron chi connectivity index (χ1n) is 5.16. The summed E-state index contributed by atoms with van der Waals surface area (Å²) in [6.07, 6.45) is 0.235. The molecule has 0 saturated heterocycles. The number of ketones is 2. The third-order valence-corrected chi connectivity index (χ3v) is 2.85. The quantitative estimate of drug-likeness (QED) is 0.605. The Morgan fingerprint density at radius 2 is 1.67 bits per heavy atom. The highest BCUT2D eigenvalue weighted by Crippen LogP contribution is 2.36. The van der Waals surface area contributed by atoms with E-state index in [0.717, 1.165) is 0 Å². The van der Waals surface area contributed by atoms with Crippen LogP contribution in [0.25, 0.3) is 0 Å². The van der Waals surface area contributed by atoms with Crippen LogP contribution in [0.1, 0.15) is 30.1 Å². The molecular formula is C12H11F3O2S. The average Bonchev–Trinajstić information content (AvgIpc) is 2.24. The molecule has 1 rings (SSSR count). The molecular weight excluding hydrogens is 265 g/mol. The minimum absolute atomic E-state index is 0.0330. The van der Waals surface area contributed by atoms with E-state index in [0.29, 0.717) is 5.56 Å². The van der Waals surface area contributed by atoms with Gasteiger partial charge in [-0.25, -0.2) is 0 Å². The molecule has 0 aliphatic carbocycles. The summed E-state index contributed by atoms with van der Waals surface area (Å²) in [5.74, 6) is -0.332. The highest BCUT2D eigenvalue weighted by atomic mass is 32.2. The molecule has 2 nitrogen and oxygen atoms in total. The molecule has 0 aliphatic heterocycles. The smallest absolute Gasteiger partial charge is 0.300 e. The van der Waals surface area contributed by atoms with Gasteiger partial charge in [-0.05, 0) is 30.8 Å². The summed E-state index contributed by atoms with van der Waals surface area (Å²) in [5, 5.41) is 0. The lowest BCUT2D eigenvalue weighted by Gasteiger charge is -2.06. The Bertz CT molecular complexity index is 438. The summed E-state index contributed by atoms with van der Waals surface area (Å²) < 4.78 is 36.2. The summed E-state index contributed by atoms with van der Waals surface area (Å²) in [7, 11) is 0. The maximum atomic E-state index is 12.1. The highest BCUT2D eigenvalue weighted by Gasteiger charge is 2.29. The first-order chi connectivity index (χ1) is 8.28. The molecule has 0 N–H and O–H groups in total. The number of Topliss-reactive ketones (excluding diaryl/α,β-unsaturated/α-hetero) is 2. The number of hydrogen-bond acceptors (Lipinski definition) is 3. The average molecular weight is 276 g/mol. The van der Waals surface area contributed by atoms with Crippen LogP contribution in [0.4, 0.5) is 13.2 Å². The van der Waals surface area contributed by atoms with Gasteiger partial charge in [-0.2, -0.15) is 13.2 Å². The molecule has 1 aromatic carbocycles. The van der Waals surface area contributed by atoms with Gasteiger partial charge < -0.3 is 4.79 Å². The standard InChI is InChI=1S/C12H11F3O2S/c1-8(16)2-7-11(17)9-3-5-10(6-4-9)18-12(13,14)15/h3-6H,2,7H2,1H3. The minimum Gasteiger partial charge on any atom is -0.300 e. The van der Waals surface area contributed by atoms with Crippen LogP contribution >= 0.6 is 11.8 Å². The van der Waals surface area contributed by atoms with Gasteiger partial charge in [-0.3, -0.25) is 4.79 Å². The van der Waals surface area contributed by atoms with Gasteiger partial charge in [0.05, 0.1) is 0 Å². The van der Waals surface area contributed by atoms with Crippen molar-refractivity contribution < 1.29 is 22.8 Å². The van der Waals surface area contributed by atoms with Crippen LogP contribution in [0, 0.1) is 0 Å². The molecule has 0 atom stereocenters. The molecule has 0 spiro atoms. The molecule has 6 heteroatoms. The van der Waals surface area contributed by atoms with E-state index in [1.807, 2.05) is 0 Å². The van der Waals surface area contributed by atoms with Crippen molar-refractivity contribution >= 4 is 23.3 Å². The maximum Gasteiger partial charge on any atom is 0.446 e. The molecule has 0 radical (unpaired) electrons. The number of thioether (sulfide) groups is 1. The molecule has 1 aromatic rings. The van der Waals surface area contributed by atoms with E-state index >= 15 is 0 Å². The van der Waals surface area contributed by atoms with Crippen LogP contribution in [0.15, 0.2) is 29.2 Å². The van der Waals surface area contributed by atoms with Crippen LogP contribution in [0.5, 0.6) is 0 Å². The highest BCUT2D eigenvalue weighted by molar-refractivity contribution is 8.00. The zero-order valence-corrected chi connectivity index (χ0v) is 10.4. The van der Waals surface area contributed by atoms with E-state index in [1.54, 1.807) is 0 Å². The van der Waals surface area contributed by atoms with Gasteiger partial charge in [-0.1, -0.05) is 12.1 Å². The fraction of sp³-hybridized carbons (Fsp3) is 0.333. The van der Waals surface area contributed by atoms with E-state index in [2.05, 4.69) is 0 Å². The lowest BCUT2D eigenvalue weighted by molar-refractivity contribution is -0.117. The Morgan fingerprint density at radius 3 is 2.11 bits per heavy atom. The van der Waals surface area contributed by atoms with Gasteiger partial charge in [0.15, 0.2) is 5.78 Å². The summed E-state index contributed by atoms with van der Waals surface area (Å²) in [6, 6.07) is 5.19. The third-order valence-electron chi connectivity index (χ3n) is 2.11. The number of carbonyl (C=O) groups is 2. The first-order valence-corrected chi connectivity index (χ1v) is 5.98. The monoisotopic (exact) mass is 276 g/mol. The van der Waals surface area contributed by atoms with E-state index in [1.165, 1.54) is 31.2 Å². The van der Waals surface area contributed by atoms with Gasteiger partial charge >= 0.3 is 5.51 Å². The van der Waals surface area contributed by atoms with E-state index in [-0.39, 0.29) is 41.1 Å². The molecule has 18 heavy (non-hydrogen) atoms. The molecule has 98 valence electrons. The van der Waals surface area contributed by atoms with Gasteiger partial charge in [0.1, 0.15) is 5.78 Å². The lowest BCUT2D eigenvalue weighted by Crippen LogP contribution is -2.03. The van der Waals surface area contributed by atoms with Crippen molar-refractivity contribution in [3.63, 3.8) is 0 Å². The Labute approximate surface area is 107 Å². The predicted octanol–water partition coefficient (Wildman–Crippen LogP) is 3.85. The number of hydrogen-bond donors (Lipinski definition) is 0. The van der Waals surface area contributed by atoms with Crippen molar-refractivity contribution in [1.82, 2.24) is 0 Å². The second-order valence-corrected chi connectivity index (χ2v) is 4.84. The number of halogens is 3. The van der Waals surface area contributed by atoms with Crippen molar-refractivity contribution in [2.45, 2.75) is 30.2 Å². The Kier molecular flexibility index (Phi) is 4.95. The lowest BCUT2D eigenvalue weighted by atomic mass is 10.1. The SMILES string of the molecule is CC(=O)CCC(=O)c1ccc(SC(F)(F)F)cc1. The molecule has 0 unspecified atom stereocenters. The normalized spacial score (nSPS) is 11.3. The molecule has 0 aliphatic rings. The topological polar surface area (TPSA) is 34.1 Å². The zero-order valence-electron chi connectivity index (χ0n) is 9.58. The summed E-state index contributed by atoms with van der Waals surface area (Å²) in [5.41, 5.74) is -4.01. The second kappa shape index (κ2) is 6.04. The fourth-order valence-corrected chi connectivity index (χ4v) is 1.82. The zero-order chi connectivity index (χ0) is 13.8. The van der Waals surface area contributed by atoms with E-state index < -0.39 is 5.51 Å². The third kappa shape index (κ3) is 5.35. The summed E-state index contributed by atoms with van der Waals surface area (Å²) in [4.78, 5) is 22.3. The maximum absolute atomic E-state index is 12.1. The molecule has 0 heterocycles. The summed E-state index contributed by atoms with van der Waals surface area (Å²) >= 11 is -0.226. The number of carbonyl (C=O) groups excluding carboxylic acids is 2. The predicted molar refractivity (Wildman–Crippen MR) is 62.6 cm³/mol. The van der Waals surface area contributed by atoms with Gasteiger partial charge in [0.2, 0.25) is 0 Å². The van der Waals surface area contributed by atoms with Crippen molar-refractivity contribution in [2.75, 3.05) is 0 Å². The Morgan fingerprint density at radius 1 is 1.11 bits per heavy atom. The number of alkyl halides is 3. The molecule has 0 amide bonds. The Balaban J connectivity index is 2.65.